The molecule has 0 aromatic carbocycles. The van der Waals surface area contributed by atoms with Crippen molar-refractivity contribution in [3.63, 3.8) is 0 Å². The fraction of sp³-hybridized carbons (Fsp3) is 0.692. The van der Waals surface area contributed by atoms with Gasteiger partial charge < -0.3 is 15.7 Å². The third-order valence-corrected chi connectivity index (χ3v) is 3.30. The third kappa shape index (κ3) is 3.57. The van der Waals surface area contributed by atoms with Gasteiger partial charge in [-0.1, -0.05) is 19.3 Å². The van der Waals surface area contributed by atoms with Crippen LogP contribution in [0.25, 0.3) is 0 Å². The predicted octanol–water partition coefficient (Wildman–Crippen LogP) is 2.01. The number of rotatable bonds is 4. The summed E-state index contributed by atoms with van der Waals surface area (Å²) in [5.74, 6) is 1.41. The van der Waals surface area contributed by atoms with Crippen molar-refractivity contribution in [2.24, 2.45) is 0 Å². The first-order valence-electron chi connectivity index (χ1n) is 6.81. The van der Waals surface area contributed by atoms with Crippen LogP contribution in [0.15, 0.2) is 12.3 Å². The summed E-state index contributed by atoms with van der Waals surface area (Å²) in [6, 6.07) is 1.95. The van der Waals surface area contributed by atoms with Crippen LogP contribution in [-0.2, 0) is 0 Å². The molecule has 5 nitrogen and oxygen atoms in total. The van der Waals surface area contributed by atoms with E-state index in [4.69, 9.17) is 0 Å². The second-order valence-electron chi connectivity index (χ2n) is 4.75. The van der Waals surface area contributed by atoms with Gasteiger partial charge in [-0.25, -0.2) is 4.98 Å². The summed E-state index contributed by atoms with van der Waals surface area (Å²) in [6.45, 7) is 2.81. The van der Waals surface area contributed by atoms with Gasteiger partial charge >= 0.3 is 0 Å². The van der Waals surface area contributed by atoms with Crippen LogP contribution in [0.3, 0.4) is 0 Å². The molecule has 2 rings (SSSR count). The molecular formula is C13H22N4O. The monoisotopic (exact) mass is 250 g/mol. The van der Waals surface area contributed by atoms with Gasteiger partial charge in [0.05, 0.1) is 12.1 Å². The van der Waals surface area contributed by atoms with Crippen molar-refractivity contribution in [1.29, 1.82) is 0 Å². The van der Waals surface area contributed by atoms with Crippen LogP contribution in [-0.4, -0.2) is 33.8 Å². The van der Waals surface area contributed by atoms with Gasteiger partial charge in [0, 0.05) is 12.7 Å². The molecule has 5 heteroatoms. The summed E-state index contributed by atoms with van der Waals surface area (Å²) < 4.78 is 0. The number of hydrogen-bond acceptors (Lipinski definition) is 5. The van der Waals surface area contributed by atoms with E-state index >= 15 is 0 Å². The lowest BCUT2D eigenvalue weighted by Crippen LogP contribution is -2.32. The number of aliphatic hydroxyl groups excluding tert-OH is 1. The number of anilines is 2. The van der Waals surface area contributed by atoms with Crippen LogP contribution < -0.4 is 10.6 Å². The lowest BCUT2D eigenvalue weighted by molar-refractivity contribution is 0.144. The first-order valence-corrected chi connectivity index (χ1v) is 6.81. The average Bonchev–Trinajstić information content (AvgIpc) is 2.56. The van der Waals surface area contributed by atoms with Crippen molar-refractivity contribution in [3.8, 4) is 0 Å². The highest BCUT2D eigenvalue weighted by Gasteiger charge is 2.21. The number of aliphatic hydroxyl groups is 1. The van der Waals surface area contributed by atoms with Gasteiger partial charge in [0.1, 0.15) is 5.82 Å². The maximum absolute atomic E-state index is 10.1. The molecule has 0 saturated heterocycles. The summed E-state index contributed by atoms with van der Waals surface area (Å²) in [7, 11) is 0. The van der Waals surface area contributed by atoms with Gasteiger partial charge in [-0.3, -0.25) is 0 Å². The van der Waals surface area contributed by atoms with Gasteiger partial charge in [0.15, 0.2) is 0 Å². The summed E-state index contributed by atoms with van der Waals surface area (Å²) in [5.41, 5.74) is 0. The quantitative estimate of drug-likeness (QED) is 0.713. The molecule has 0 aliphatic heterocycles. The molecule has 0 amide bonds. The highest BCUT2D eigenvalue weighted by molar-refractivity contribution is 5.40. The SMILES string of the molecule is CCNc1nccc(NC2CCCCCC2O)n1. The minimum atomic E-state index is -0.273. The molecule has 1 fully saturated rings. The van der Waals surface area contributed by atoms with Crippen molar-refractivity contribution in [3.05, 3.63) is 12.3 Å². The molecule has 2 atom stereocenters. The molecule has 1 aromatic rings. The Morgan fingerprint density at radius 3 is 3.00 bits per heavy atom. The van der Waals surface area contributed by atoms with Crippen LogP contribution in [0.2, 0.25) is 0 Å². The van der Waals surface area contributed by atoms with E-state index in [1.54, 1.807) is 6.20 Å². The maximum Gasteiger partial charge on any atom is 0.224 e. The molecule has 1 saturated carbocycles. The Bertz CT molecular complexity index is 372. The largest absolute Gasteiger partial charge is 0.391 e. The molecule has 0 spiro atoms. The Labute approximate surface area is 108 Å². The van der Waals surface area contributed by atoms with Crippen molar-refractivity contribution < 1.29 is 5.11 Å². The van der Waals surface area contributed by atoms with Gasteiger partial charge in [0.2, 0.25) is 5.95 Å². The minimum absolute atomic E-state index is 0.108. The van der Waals surface area contributed by atoms with Gasteiger partial charge in [-0.2, -0.15) is 4.98 Å². The summed E-state index contributed by atoms with van der Waals surface area (Å²) in [4.78, 5) is 8.51. The molecule has 1 aromatic heterocycles. The number of aromatic nitrogens is 2. The fourth-order valence-corrected chi connectivity index (χ4v) is 2.33. The standard InChI is InChI=1S/C13H22N4O/c1-2-14-13-15-9-8-12(17-13)16-10-6-4-3-5-7-11(10)18/h8-11,18H,2-7H2,1H3,(H2,14,15,16,17). The summed E-state index contributed by atoms with van der Waals surface area (Å²) in [6.07, 6.45) is 6.83. The zero-order valence-electron chi connectivity index (χ0n) is 10.9. The normalized spacial score (nSPS) is 24.3. The average molecular weight is 250 g/mol. The molecule has 0 bridgehead atoms. The number of hydrogen-bond donors (Lipinski definition) is 3. The molecule has 1 aliphatic carbocycles. The van der Waals surface area contributed by atoms with E-state index in [9.17, 15) is 5.11 Å². The molecule has 3 N–H and O–H groups in total. The van der Waals surface area contributed by atoms with Crippen molar-refractivity contribution in [1.82, 2.24) is 9.97 Å². The second-order valence-corrected chi connectivity index (χ2v) is 4.75. The number of nitrogens with one attached hydrogen (secondary N) is 2. The van der Waals surface area contributed by atoms with Crippen LogP contribution in [0.4, 0.5) is 11.8 Å². The van der Waals surface area contributed by atoms with E-state index in [1.807, 2.05) is 13.0 Å². The first-order chi connectivity index (χ1) is 8.79. The summed E-state index contributed by atoms with van der Waals surface area (Å²) >= 11 is 0. The summed E-state index contributed by atoms with van der Waals surface area (Å²) in [5, 5.41) is 16.5. The van der Waals surface area contributed by atoms with Crippen LogP contribution in [0, 0.1) is 0 Å². The van der Waals surface area contributed by atoms with E-state index in [-0.39, 0.29) is 12.1 Å². The Morgan fingerprint density at radius 2 is 2.17 bits per heavy atom. The maximum atomic E-state index is 10.1. The minimum Gasteiger partial charge on any atom is -0.391 e. The number of nitrogens with zero attached hydrogens (tertiary/aromatic N) is 2. The Hall–Kier alpha value is -1.36. The molecule has 0 radical (unpaired) electrons. The zero-order valence-corrected chi connectivity index (χ0v) is 10.9. The molecular weight excluding hydrogens is 228 g/mol. The predicted molar refractivity (Wildman–Crippen MR) is 72.7 cm³/mol. The zero-order chi connectivity index (χ0) is 12.8. The Kier molecular flexibility index (Phi) is 4.75. The van der Waals surface area contributed by atoms with E-state index in [0.717, 1.165) is 31.6 Å². The molecule has 18 heavy (non-hydrogen) atoms. The van der Waals surface area contributed by atoms with Crippen LogP contribution in [0.1, 0.15) is 39.0 Å². The topological polar surface area (TPSA) is 70.1 Å². The Morgan fingerprint density at radius 1 is 1.33 bits per heavy atom. The van der Waals surface area contributed by atoms with E-state index in [0.29, 0.717) is 5.95 Å². The van der Waals surface area contributed by atoms with Gasteiger partial charge in [-0.15, -0.1) is 0 Å². The third-order valence-electron chi connectivity index (χ3n) is 3.30. The lowest BCUT2D eigenvalue weighted by Gasteiger charge is -2.22. The second kappa shape index (κ2) is 6.54. The first kappa shape index (κ1) is 13.1. The van der Waals surface area contributed by atoms with E-state index in [1.165, 1.54) is 12.8 Å². The van der Waals surface area contributed by atoms with Crippen molar-refractivity contribution >= 4 is 11.8 Å². The highest BCUT2D eigenvalue weighted by Crippen LogP contribution is 2.21. The van der Waals surface area contributed by atoms with Gasteiger partial charge in [0.25, 0.3) is 0 Å². The van der Waals surface area contributed by atoms with Gasteiger partial charge in [-0.05, 0) is 25.8 Å². The van der Waals surface area contributed by atoms with Crippen LogP contribution >= 0.6 is 0 Å². The molecule has 2 unspecified atom stereocenters. The fourth-order valence-electron chi connectivity index (χ4n) is 2.33. The molecule has 1 heterocycles. The smallest absolute Gasteiger partial charge is 0.224 e. The van der Waals surface area contributed by atoms with Crippen molar-refractivity contribution in [2.45, 2.75) is 51.2 Å². The lowest BCUT2D eigenvalue weighted by atomic mass is 10.1. The van der Waals surface area contributed by atoms with E-state index in [2.05, 4.69) is 20.6 Å². The Balaban J connectivity index is 2.00. The van der Waals surface area contributed by atoms with E-state index < -0.39 is 0 Å². The highest BCUT2D eigenvalue weighted by atomic mass is 16.3. The molecule has 1 aliphatic rings. The van der Waals surface area contributed by atoms with Crippen molar-refractivity contribution in [2.75, 3.05) is 17.2 Å². The van der Waals surface area contributed by atoms with Crippen LogP contribution in [0.5, 0.6) is 0 Å². The molecule has 100 valence electrons.